The number of aryl methyl sites for hydroxylation is 1. The first-order valence-corrected chi connectivity index (χ1v) is 8.13. The number of ether oxygens (including phenoxy) is 1. The van der Waals surface area contributed by atoms with Crippen LogP contribution in [0, 0.1) is 6.92 Å². The van der Waals surface area contributed by atoms with Gasteiger partial charge in [0.15, 0.2) is 6.61 Å². The summed E-state index contributed by atoms with van der Waals surface area (Å²) in [6, 6.07) is 7.00. The van der Waals surface area contributed by atoms with Gasteiger partial charge in [-0.15, -0.1) is 10.2 Å². The third kappa shape index (κ3) is 3.39. The average Bonchev–Trinajstić information content (AvgIpc) is 3.20. The summed E-state index contributed by atoms with van der Waals surface area (Å²) in [5, 5.41) is 12.0. The van der Waals surface area contributed by atoms with Crippen LogP contribution in [0.4, 0.5) is 5.00 Å². The van der Waals surface area contributed by atoms with Crippen molar-refractivity contribution < 1.29 is 13.9 Å². The maximum absolute atomic E-state index is 12.2. The third-order valence-electron chi connectivity index (χ3n) is 3.18. The van der Waals surface area contributed by atoms with E-state index in [0.29, 0.717) is 27.2 Å². The number of carbonyl (C=O) groups is 1. The highest BCUT2D eigenvalue weighted by atomic mass is 35.5. The first-order valence-electron chi connectivity index (χ1n) is 6.98. The second-order valence-electron chi connectivity index (χ2n) is 4.81. The first-order chi connectivity index (χ1) is 11.6. The lowest BCUT2D eigenvalue weighted by Crippen LogP contribution is -2.08. The fourth-order valence-corrected chi connectivity index (χ4v) is 2.86. The van der Waals surface area contributed by atoms with Crippen molar-refractivity contribution in [2.45, 2.75) is 13.5 Å². The van der Waals surface area contributed by atoms with Crippen LogP contribution >= 0.6 is 23.1 Å². The Morgan fingerprint density at radius 3 is 2.79 bits per heavy atom. The van der Waals surface area contributed by atoms with E-state index >= 15 is 0 Å². The highest BCUT2D eigenvalue weighted by molar-refractivity contribution is 7.10. The van der Waals surface area contributed by atoms with E-state index in [2.05, 4.69) is 19.9 Å². The van der Waals surface area contributed by atoms with Crippen LogP contribution in [0.3, 0.4) is 0 Å². The van der Waals surface area contributed by atoms with Crippen LogP contribution in [0.15, 0.2) is 28.7 Å². The Kier molecular flexibility index (Phi) is 4.77. The standard InChI is InChI=1S/C15H13ClN4O3S/c1-8-12(14(17-2)24-20-8)15(21)22-7-11-18-19-13(23-11)9-3-5-10(16)6-4-9/h3-6,17H,7H2,1-2H3. The Bertz CT molecular complexity index is 860. The zero-order valence-corrected chi connectivity index (χ0v) is 14.4. The van der Waals surface area contributed by atoms with Crippen molar-refractivity contribution in [3.8, 4) is 11.5 Å². The summed E-state index contributed by atoms with van der Waals surface area (Å²) < 4.78 is 14.9. The number of nitrogens with zero attached hydrogens (tertiary/aromatic N) is 3. The van der Waals surface area contributed by atoms with E-state index in [1.807, 2.05) is 0 Å². The molecule has 0 saturated heterocycles. The largest absolute Gasteiger partial charge is 0.452 e. The second-order valence-corrected chi connectivity index (χ2v) is 6.02. The van der Waals surface area contributed by atoms with Crippen LogP contribution in [0.2, 0.25) is 5.02 Å². The molecule has 0 spiro atoms. The van der Waals surface area contributed by atoms with Gasteiger partial charge in [0.05, 0.1) is 5.69 Å². The van der Waals surface area contributed by atoms with Gasteiger partial charge < -0.3 is 14.5 Å². The predicted molar refractivity (Wildman–Crippen MR) is 90.3 cm³/mol. The SMILES string of the molecule is CNc1snc(C)c1C(=O)OCc1nnc(-c2ccc(Cl)cc2)o1. The van der Waals surface area contributed by atoms with E-state index in [9.17, 15) is 4.79 Å². The highest BCUT2D eigenvalue weighted by Crippen LogP contribution is 2.25. The minimum atomic E-state index is -0.489. The summed E-state index contributed by atoms with van der Waals surface area (Å²) in [5.41, 5.74) is 1.77. The fourth-order valence-electron chi connectivity index (χ4n) is 2.00. The molecular formula is C15H13ClN4O3S. The van der Waals surface area contributed by atoms with Gasteiger partial charge in [-0.05, 0) is 42.7 Å². The van der Waals surface area contributed by atoms with Gasteiger partial charge in [-0.25, -0.2) is 4.79 Å². The molecule has 7 nitrogen and oxygen atoms in total. The average molecular weight is 365 g/mol. The number of rotatable bonds is 5. The van der Waals surface area contributed by atoms with Gasteiger partial charge in [0.25, 0.3) is 5.89 Å². The number of halogens is 1. The minimum absolute atomic E-state index is 0.113. The quantitative estimate of drug-likeness (QED) is 0.692. The molecule has 0 fully saturated rings. The molecule has 124 valence electrons. The zero-order chi connectivity index (χ0) is 17.1. The van der Waals surface area contributed by atoms with Crippen LogP contribution in [-0.2, 0) is 11.3 Å². The Morgan fingerprint density at radius 1 is 1.33 bits per heavy atom. The Balaban J connectivity index is 1.68. The van der Waals surface area contributed by atoms with Gasteiger partial charge in [-0.2, -0.15) is 4.37 Å². The summed E-state index contributed by atoms with van der Waals surface area (Å²) in [7, 11) is 1.72. The van der Waals surface area contributed by atoms with E-state index in [4.69, 9.17) is 20.8 Å². The molecule has 9 heteroatoms. The number of carbonyl (C=O) groups excluding carboxylic acids is 1. The summed E-state index contributed by atoms with van der Waals surface area (Å²) in [6.07, 6.45) is 0. The highest BCUT2D eigenvalue weighted by Gasteiger charge is 2.20. The van der Waals surface area contributed by atoms with Crippen LogP contribution in [0.5, 0.6) is 0 Å². The number of esters is 1. The lowest BCUT2D eigenvalue weighted by atomic mass is 10.2. The first kappa shape index (κ1) is 16.4. The molecule has 0 aliphatic rings. The second kappa shape index (κ2) is 6.98. The van der Waals surface area contributed by atoms with E-state index in [-0.39, 0.29) is 12.5 Å². The number of aromatic nitrogens is 3. The predicted octanol–water partition coefficient (Wildman–Crippen LogP) is 3.55. The fraction of sp³-hybridized carbons (Fsp3) is 0.200. The number of hydrogen-bond donors (Lipinski definition) is 1. The Labute approximate surface area is 146 Å². The molecule has 24 heavy (non-hydrogen) atoms. The summed E-state index contributed by atoms with van der Waals surface area (Å²) in [6.45, 7) is 1.64. The maximum atomic E-state index is 12.2. The van der Waals surface area contributed by atoms with Gasteiger partial charge >= 0.3 is 5.97 Å². The molecule has 2 aromatic heterocycles. The van der Waals surface area contributed by atoms with Crippen molar-refractivity contribution in [1.29, 1.82) is 0 Å². The number of benzene rings is 1. The van der Waals surface area contributed by atoms with E-state index < -0.39 is 5.97 Å². The molecule has 1 aromatic carbocycles. The molecule has 0 aliphatic carbocycles. The third-order valence-corrected chi connectivity index (χ3v) is 4.39. The van der Waals surface area contributed by atoms with Crippen LogP contribution in [0.25, 0.3) is 11.5 Å². The van der Waals surface area contributed by atoms with E-state index in [1.165, 1.54) is 11.5 Å². The lowest BCUT2D eigenvalue weighted by molar-refractivity contribution is 0.0439. The zero-order valence-electron chi connectivity index (χ0n) is 12.9. The van der Waals surface area contributed by atoms with Crippen molar-refractivity contribution in [2.24, 2.45) is 0 Å². The molecule has 0 bridgehead atoms. The molecule has 2 heterocycles. The number of anilines is 1. The van der Waals surface area contributed by atoms with Gasteiger partial charge in [0.2, 0.25) is 5.89 Å². The van der Waals surface area contributed by atoms with Crippen molar-refractivity contribution >= 4 is 34.1 Å². The van der Waals surface area contributed by atoms with Gasteiger partial charge in [0.1, 0.15) is 10.6 Å². The van der Waals surface area contributed by atoms with Crippen molar-refractivity contribution in [2.75, 3.05) is 12.4 Å². The summed E-state index contributed by atoms with van der Waals surface area (Å²) >= 11 is 7.05. The maximum Gasteiger partial charge on any atom is 0.343 e. The monoisotopic (exact) mass is 364 g/mol. The molecule has 3 rings (SSSR count). The van der Waals surface area contributed by atoms with Crippen molar-refractivity contribution in [3.05, 3.63) is 46.4 Å². The normalized spacial score (nSPS) is 10.6. The lowest BCUT2D eigenvalue weighted by Gasteiger charge is -2.03. The molecule has 0 aliphatic heterocycles. The topological polar surface area (TPSA) is 90.1 Å². The van der Waals surface area contributed by atoms with Gasteiger partial charge in [-0.3, -0.25) is 0 Å². The van der Waals surface area contributed by atoms with E-state index in [1.54, 1.807) is 38.2 Å². The number of nitrogens with one attached hydrogen (secondary N) is 1. The van der Waals surface area contributed by atoms with Crippen LogP contribution in [0.1, 0.15) is 21.9 Å². The smallest absolute Gasteiger partial charge is 0.343 e. The molecule has 1 N–H and O–H groups in total. The van der Waals surface area contributed by atoms with Gasteiger partial charge in [-0.1, -0.05) is 11.6 Å². The Hall–Kier alpha value is -2.45. The minimum Gasteiger partial charge on any atom is -0.452 e. The number of hydrogen-bond acceptors (Lipinski definition) is 8. The molecular weight excluding hydrogens is 352 g/mol. The molecule has 0 atom stereocenters. The molecule has 3 aromatic rings. The molecule has 0 amide bonds. The van der Waals surface area contributed by atoms with Gasteiger partial charge in [0, 0.05) is 17.6 Å². The van der Waals surface area contributed by atoms with E-state index in [0.717, 1.165) is 5.56 Å². The van der Waals surface area contributed by atoms with Crippen LogP contribution in [-0.4, -0.2) is 27.6 Å². The van der Waals surface area contributed by atoms with Crippen molar-refractivity contribution in [1.82, 2.24) is 14.6 Å². The molecule has 0 saturated carbocycles. The summed E-state index contributed by atoms with van der Waals surface area (Å²) in [5.74, 6) is 0.0546. The molecule has 0 radical (unpaired) electrons. The van der Waals surface area contributed by atoms with Crippen molar-refractivity contribution in [3.63, 3.8) is 0 Å². The summed E-state index contributed by atoms with van der Waals surface area (Å²) in [4.78, 5) is 12.2. The van der Waals surface area contributed by atoms with Crippen LogP contribution < -0.4 is 5.32 Å². The molecule has 0 unspecified atom stereocenters. The Morgan fingerprint density at radius 2 is 2.08 bits per heavy atom.